The average molecular weight is 1370 g/mol. The van der Waals surface area contributed by atoms with E-state index in [1.54, 1.807) is 12.5 Å². The van der Waals surface area contributed by atoms with Gasteiger partial charge in [-0.25, -0.2) is 0 Å². The number of benzene rings is 7. The monoisotopic (exact) mass is 1360 g/mol. The van der Waals surface area contributed by atoms with E-state index in [2.05, 4.69) is 378 Å². The zero-order chi connectivity index (χ0) is 82.9. The molecular weight excluding hydrogens is 1200 g/mol. The fraction of sp³-hybridized carbons (Fsp3) is 0.580. The van der Waals surface area contributed by atoms with E-state index in [0.29, 0.717) is 23.0 Å². The molecule has 0 nitrogen and oxygen atoms in total. The topological polar surface area (TPSA) is 0 Å². The van der Waals surface area contributed by atoms with Crippen LogP contribution in [0.4, 0.5) is 0 Å². The zero-order valence-corrected chi connectivity index (χ0v) is 73.6. The summed E-state index contributed by atoms with van der Waals surface area (Å²) in [5.41, 5.74) is 27.5. The summed E-state index contributed by atoms with van der Waals surface area (Å²) < 4.78 is 39.1. The first-order chi connectivity index (χ1) is 46.7. The van der Waals surface area contributed by atoms with E-state index >= 15 is 0 Å². The van der Waals surface area contributed by atoms with Gasteiger partial charge >= 0.3 is 0 Å². The van der Waals surface area contributed by atoms with Crippen LogP contribution in [-0.4, -0.2) is 0 Å². The van der Waals surface area contributed by atoms with E-state index in [1.165, 1.54) is 83.5 Å². The number of rotatable bonds is 3. The van der Waals surface area contributed by atoms with Crippen LogP contribution in [-0.2, 0) is 59.6 Å². The van der Waals surface area contributed by atoms with Crippen molar-refractivity contribution in [3.63, 3.8) is 0 Å². The van der Waals surface area contributed by atoms with Crippen molar-refractivity contribution >= 4 is 0 Å². The van der Waals surface area contributed by atoms with Crippen LogP contribution < -0.4 is 0 Å². The molecule has 0 radical (unpaired) electrons. The maximum absolute atomic E-state index is 8.39. The molecule has 0 atom stereocenters. The maximum Gasteiger partial charge on any atom is 0.0626 e. The van der Waals surface area contributed by atoms with Crippen molar-refractivity contribution in [2.45, 2.75) is 382 Å². The largest absolute Gasteiger partial charge is 0.0626 e. The molecule has 0 spiro atoms. The molecular formula is C100H158. The lowest BCUT2D eigenvalue weighted by molar-refractivity contribution is 0.521. The number of hydrogen-bond acceptors (Lipinski definition) is 0. The molecule has 558 valence electrons. The second-order valence-corrected chi connectivity index (χ2v) is 41.0. The third-order valence-electron chi connectivity index (χ3n) is 18.4. The Hall–Kier alpha value is -5.46. The molecule has 0 aromatic heterocycles. The molecule has 7 aromatic carbocycles. The Morgan fingerprint density at radius 2 is 0.490 bits per heavy atom. The van der Waals surface area contributed by atoms with Gasteiger partial charge < -0.3 is 0 Å². The van der Waals surface area contributed by atoms with Crippen LogP contribution in [0.3, 0.4) is 0 Å². The summed E-state index contributed by atoms with van der Waals surface area (Å²) in [7, 11) is 0. The Kier molecular flexibility index (Phi) is 29.9. The Morgan fingerprint density at radius 1 is 0.240 bits per heavy atom. The molecule has 0 bridgehead atoms. The van der Waals surface area contributed by atoms with Gasteiger partial charge in [-0.05, 0) is 218 Å². The van der Waals surface area contributed by atoms with Crippen LogP contribution >= 0.6 is 0 Å². The molecule has 7 rings (SSSR count). The normalized spacial score (nSPS) is 13.5. The molecule has 0 aliphatic rings. The highest BCUT2D eigenvalue weighted by molar-refractivity contribution is 5.47. The van der Waals surface area contributed by atoms with E-state index in [1.807, 2.05) is 34.6 Å². The fourth-order valence-electron chi connectivity index (χ4n) is 13.7. The van der Waals surface area contributed by atoms with E-state index in [9.17, 15) is 0 Å². The van der Waals surface area contributed by atoms with Crippen LogP contribution in [0.2, 0.25) is 0 Å². The molecule has 0 unspecified atom stereocenters. The summed E-state index contributed by atoms with van der Waals surface area (Å²) in [5.74, 6) is 0.657. The first kappa shape index (κ1) is 83.5. The van der Waals surface area contributed by atoms with Crippen molar-refractivity contribution in [3.05, 3.63) is 245 Å². The summed E-state index contributed by atoms with van der Waals surface area (Å²) in [6.07, 6.45) is 0. The second-order valence-electron chi connectivity index (χ2n) is 41.0. The van der Waals surface area contributed by atoms with Gasteiger partial charge in [0.15, 0.2) is 0 Å². The van der Waals surface area contributed by atoms with Crippen molar-refractivity contribution in [1.82, 2.24) is 0 Å². The average Bonchev–Trinajstić information content (AvgIpc) is 0.773. The highest BCUT2D eigenvalue weighted by Crippen LogP contribution is 2.41. The Bertz CT molecular complexity index is 3600. The van der Waals surface area contributed by atoms with Gasteiger partial charge in [0, 0.05) is 1.37 Å². The van der Waals surface area contributed by atoms with Gasteiger partial charge in [0.05, 0.1) is 5.48 Å². The van der Waals surface area contributed by atoms with Crippen molar-refractivity contribution in [2.24, 2.45) is 0 Å². The van der Waals surface area contributed by atoms with Crippen molar-refractivity contribution in [2.75, 3.05) is 0 Å². The summed E-state index contributed by atoms with van der Waals surface area (Å²) >= 11 is 0. The molecule has 0 amide bonds. The highest BCUT2D eigenvalue weighted by Gasteiger charge is 2.30. The van der Waals surface area contributed by atoms with E-state index in [4.69, 9.17) is 6.85 Å². The van der Waals surface area contributed by atoms with Gasteiger partial charge in [-0.3, -0.25) is 0 Å². The molecule has 7 aromatic rings. The van der Waals surface area contributed by atoms with Crippen LogP contribution in [0, 0.1) is 34.6 Å². The lowest BCUT2D eigenvalue weighted by Gasteiger charge is -2.33. The van der Waals surface area contributed by atoms with Gasteiger partial charge in [-0.15, -0.1) is 0 Å². The van der Waals surface area contributed by atoms with Crippen molar-refractivity contribution in [3.8, 4) is 0 Å². The summed E-state index contributed by atoms with van der Waals surface area (Å²) in [6.45, 7) is 97.8. The second kappa shape index (κ2) is 35.8. The third-order valence-corrected chi connectivity index (χ3v) is 18.4. The standard InChI is InChI=1S/C18H30.C17H28.C16H26.C14H22.2C12H18.C11H16/c1-16(2,3)13-10-14(17(4,5)6)12-15(11-13)18(7,8)9;1-12(2)13-10-9-11-14(16(3,4)5)15(13)17(6,7)8;1-11(2)13-9-8-10-14(12(3)4)15(13)16(5,6)7;1-13(2,3)11-9-7-8-10-12(11)14(4,5)6;2*1-9-7-6-8-10(2)11(9)12(3,4)5;1-9-7-5-6-8-10(9)11(2,3)4/h10-12H,1-9H3;9-12H,1-8H3;8-12H,1-7H3;7-10H,1-6H3;2*6-8H,1-5H3;5-8H,1-4H3/i;12D;;;;;5D,6D,7D,8D. The van der Waals surface area contributed by atoms with Gasteiger partial charge in [-0.1, -0.05) is 409 Å². The van der Waals surface area contributed by atoms with Gasteiger partial charge in [-0.2, -0.15) is 0 Å². The molecule has 0 aliphatic carbocycles. The molecule has 0 saturated carbocycles. The van der Waals surface area contributed by atoms with E-state index in [-0.39, 0.29) is 83.7 Å². The minimum absolute atomic E-state index is 0.0670. The number of aryl methyl sites for hydroxylation is 4. The first-order valence-corrected chi connectivity index (χ1v) is 37.9. The van der Waals surface area contributed by atoms with Crippen molar-refractivity contribution < 1.29 is 6.85 Å². The third kappa shape index (κ3) is 29.4. The minimum Gasteiger partial charge on any atom is -0.0620 e. The van der Waals surface area contributed by atoms with E-state index < -0.39 is 5.89 Å². The minimum atomic E-state index is -0.552. The first-order valence-electron chi connectivity index (χ1n) is 40.4. The summed E-state index contributed by atoms with van der Waals surface area (Å²) in [5, 5.41) is 0. The van der Waals surface area contributed by atoms with Gasteiger partial charge in [0.1, 0.15) is 0 Å². The quantitative estimate of drug-likeness (QED) is 0.165. The van der Waals surface area contributed by atoms with E-state index in [0.717, 1.165) is 5.56 Å². The van der Waals surface area contributed by atoms with Gasteiger partial charge in [0.25, 0.3) is 0 Å². The Balaban J connectivity index is 0.000000615. The molecule has 0 heteroatoms. The van der Waals surface area contributed by atoms with Crippen molar-refractivity contribution in [1.29, 1.82) is 0 Å². The van der Waals surface area contributed by atoms with Crippen LogP contribution in [0.5, 0.6) is 0 Å². The SMILES string of the molecule is CC(C)(C)c1cc(C(C)(C)C)cc(C(C)(C)C)c1.CC(C)(C)c1ccccc1C(C)(C)C.CC(C)c1cccc(C(C)C)c1C(C)(C)C.Cc1cccc(C)c1C(C)(C)C.Cc1cccc(C)c1C(C)(C)C.[2H]C(C)(C)c1cccc(C(C)(C)C)c1C(C)(C)C.[2H]c1c([2H])c([2H])c(C(C)(C)C)c(C)c1[2H]. The Morgan fingerprint density at radius 3 is 0.730 bits per heavy atom. The van der Waals surface area contributed by atoms with Crippen LogP contribution in [0.25, 0.3) is 0 Å². The summed E-state index contributed by atoms with van der Waals surface area (Å²) in [6, 6.07) is 42.0. The van der Waals surface area contributed by atoms with Gasteiger partial charge in [0.2, 0.25) is 0 Å². The van der Waals surface area contributed by atoms with Crippen LogP contribution in [0.1, 0.15) is 400 Å². The summed E-state index contributed by atoms with van der Waals surface area (Å²) in [4.78, 5) is 0. The smallest absolute Gasteiger partial charge is 0.0620 e. The predicted molar refractivity (Wildman–Crippen MR) is 457 cm³/mol. The zero-order valence-electron chi connectivity index (χ0n) is 78.6. The molecule has 0 N–H and O–H groups in total. The molecule has 0 saturated heterocycles. The molecule has 100 heavy (non-hydrogen) atoms. The molecule has 0 heterocycles. The molecule has 0 fully saturated rings. The number of hydrogen-bond donors (Lipinski definition) is 0. The van der Waals surface area contributed by atoms with Crippen LogP contribution in [0.15, 0.2) is 139 Å². The predicted octanol–water partition coefficient (Wildman–Crippen LogP) is 31.0. The lowest BCUT2D eigenvalue weighted by Crippen LogP contribution is -2.24. The maximum atomic E-state index is 8.39. The molecule has 0 aliphatic heterocycles. The lowest BCUT2D eigenvalue weighted by atomic mass is 9.71. The highest BCUT2D eigenvalue weighted by atomic mass is 14.3. The Labute approximate surface area is 630 Å². The fourth-order valence-corrected chi connectivity index (χ4v) is 13.7.